The van der Waals surface area contributed by atoms with Crippen LogP contribution in [0.5, 0.6) is 0 Å². The summed E-state index contributed by atoms with van der Waals surface area (Å²) in [6.45, 7) is 0. The van der Waals surface area contributed by atoms with Crippen molar-refractivity contribution in [2.24, 2.45) is 0 Å². The van der Waals surface area contributed by atoms with Crippen LogP contribution in [0.1, 0.15) is 0 Å². The van der Waals surface area contributed by atoms with Gasteiger partial charge in [-0.1, -0.05) is 121 Å². The first-order valence-electron chi connectivity index (χ1n) is 18.9. The molecule has 0 radical (unpaired) electrons. The van der Waals surface area contributed by atoms with E-state index < -0.39 is 0 Å². The lowest BCUT2D eigenvalue weighted by molar-refractivity contribution is 0.663. The molecule has 0 saturated heterocycles. The lowest BCUT2D eigenvalue weighted by Crippen LogP contribution is -2.10. The van der Waals surface area contributed by atoms with Crippen LogP contribution in [-0.2, 0) is 0 Å². The van der Waals surface area contributed by atoms with Crippen molar-refractivity contribution in [3.63, 3.8) is 0 Å². The number of para-hydroxylation sites is 1. The van der Waals surface area contributed by atoms with E-state index in [2.05, 4.69) is 181 Å². The number of anilines is 3. The summed E-state index contributed by atoms with van der Waals surface area (Å²) >= 11 is 1.84. The molecule has 0 aliphatic carbocycles. The average Bonchev–Trinajstić information content (AvgIpc) is 3.96. The average molecular weight is 734 g/mol. The van der Waals surface area contributed by atoms with Gasteiger partial charge in [0.1, 0.15) is 22.3 Å². The largest absolute Gasteiger partial charge is 0.456 e. The Hall–Kier alpha value is -7.14. The van der Waals surface area contributed by atoms with Crippen LogP contribution in [0, 0.1) is 0 Å². The Morgan fingerprint density at radius 2 is 1.02 bits per heavy atom. The number of hydrogen-bond donors (Lipinski definition) is 0. The first-order chi connectivity index (χ1) is 27.7. The molecular formula is C52H31NO2S. The molecule has 0 bridgehead atoms. The number of rotatable bonds is 5. The fourth-order valence-electron chi connectivity index (χ4n) is 8.61. The third-order valence-electron chi connectivity index (χ3n) is 11.3. The van der Waals surface area contributed by atoms with Crippen molar-refractivity contribution in [2.75, 3.05) is 4.90 Å². The maximum Gasteiger partial charge on any atom is 0.147 e. The van der Waals surface area contributed by atoms with Gasteiger partial charge in [-0.05, 0) is 99.8 Å². The Labute approximate surface area is 325 Å². The number of hydrogen-bond acceptors (Lipinski definition) is 4. The first-order valence-corrected chi connectivity index (χ1v) is 19.7. The normalized spacial score (nSPS) is 11.9. The Balaban J connectivity index is 1.07. The van der Waals surface area contributed by atoms with Gasteiger partial charge in [-0.3, -0.25) is 0 Å². The molecule has 0 spiro atoms. The molecule has 0 N–H and O–H groups in total. The van der Waals surface area contributed by atoms with E-state index in [1.54, 1.807) is 0 Å². The molecule has 0 unspecified atom stereocenters. The highest BCUT2D eigenvalue weighted by Crippen LogP contribution is 2.49. The summed E-state index contributed by atoms with van der Waals surface area (Å²) in [6.07, 6.45) is 0. The maximum atomic E-state index is 6.64. The van der Waals surface area contributed by atoms with Crippen LogP contribution in [0.25, 0.3) is 97.1 Å². The van der Waals surface area contributed by atoms with Crippen molar-refractivity contribution in [1.82, 2.24) is 0 Å². The van der Waals surface area contributed by atoms with E-state index in [0.717, 1.165) is 66.5 Å². The molecule has 0 saturated carbocycles. The number of nitrogens with zero attached hydrogens (tertiary/aromatic N) is 1. The third-order valence-corrected chi connectivity index (χ3v) is 12.5. The zero-order valence-corrected chi connectivity index (χ0v) is 30.9. The summed E-state index contributed by atoms with van der Waals surface area (Å²) in [5.74, 6) is 0. The van der Waals surface area contributed by atoms with E-state index in [9.17, 15) is 0 Å². The van der Waals surface area contributed by atoms with Gasteiger partial charge < -0.3 is 13.7 Å². The number of thiophene rings is 1. The Bertz CT molecular complexity index is 3480. The molecule has 0 atom stereocenters. The lowest BCUT2D eigenvalue weighted by Gasteiger charge is -2.27. The predicted octanol–water partition coefficient (Wildman–Crippen LogP) is 15.8. The fraction of sp³-hybridized carbons (Fsp3) is 0. The molecule has 262 valence electrons. The molecule has 0 aliphatic heterocycles. The van der Waals surface area contributed by atoms with Gasteiger partial charge in [0.15, 0.2) is 0 Å². The highest BCUT2D eigenvalue weighted by molar-refractivity contribution is 7.26. The van der Waals surface area contributed by atoms with Gasteiger partial charge in [-0.25, -0.2) is 0 Å². The van der Waals surface area contributed by atoms with E-state index in [1.165, 1.54) is 47.6 Å². The van der Waals surface area contributed by atoms with Gasteiger partial charge >= 0.3 is 0 Å². The molecule has 3 heterocycles. The molecule has 56 heavy (non-hydrogen) atoms. The van der Waals surface area contributed by atoms with Gasteiger partial charge in [-0.2, -0.15) is 0 Å². The van der Waals surface area contributed by atoms with Crippen molar-refractivity contribution in [1.29, 1.82) is 0 Å². The molecule has 12 aromatic rings. The van der Waals surface area contributed by atoms with Gasteiger partial charge in [0, 0.05) is 31.9 Å². The van der Waals surface area contributed by atoms with Crippen LogP contribution in [0.3, 0.4) is 0 Å². The standard InChI is InChI=1S/C52H31NO2S/c1-2-10-32(11-3-1)35-22-20-34-21-23-36(31-37(34)30-35)33-24-26-38(27-25-33)53(44-16-8-14-42-40-13-5-7-19-48(40)56-52(42)44)43-15-9-18-46-49(43)50-47(54-46)29-28-41-39-12-4-6-17-45(39)55-51(41)50/h1-31H. The maximum absolute atomic E-state index is 6.64. The summed E-state index contributed by atoms with van der Waals surface area (Å²) in [4.78, 5) is 2.41. The molecular weight excluding hydrogens is 703 g/mol. The SMILES string of the molecule is c1ccc(-c2ccc3ccc(-c4ccc(N(c5cccc6c5sc5ccccc56)c5cccc6oc7ccc8c9ccccc9oc8c7c56)cc4)cc3c2)cc1. The minimum Gasteiger partial charge on any atom is -0.456 e. The quantitative estimate of drug-likeness (QED) is 0.176. The first kappa shape index (κ1) is 31.2. The fourth-order valence-corrected chi connectivity index (χ4v) is 9.82. The van der Waals surface area contributed by atoms with Gasteiger partial charge in [0.25, 0.3) is 0 Å². The highest BCUT2D eigenvalue weighted by Gasteiger charge is 2.24. The molecule has 4 heteroatoms. The third kappa shape index (κ3) is 4.76. The van der Waals surface area contributed by atoms with E-state index >= 15 is 0 Å². The zero-order valence-electron chi connectivity index (χ0n) is 30.1. The zero-order chi connectivity index (χ0) is 36.7. The van der Waals surface area contributed by atoms with E-state index in [1.807, 2.05) is 23.5 Å². The Morgan fingerprint density at radius 1 is 0.375 bits per heavy atom. The summed E-state index contributed by atoms with van der Waals surface area (Å²) in [6, 6.07) is 67.3. The van der Waals surface area contributed by atoms with E-state index in [0.29, 0.717) is 0 Å². The monoisotopic (exact) mass is 733 g/mol. The van der Waals surface area contributed by atoms with Crippen LogP contribution in [0.4, 0.5) is 17.1 Å². The number of furan rings is 2. The van der Waals surface area contributed by atoms with Gasteiger partial charge in [0.05, 0.1) is 26.8 Å². The summed E-state index contributed by atoms with van der Waals surface area (Å²) in [7, 11) is 0. The second-order valence-corrected chi connectivity index (χ2v) is 15.5. The summed E-state index contributed by atoms with van der Waals surface area (Å²) in [5.41, 5.74) is 11.3. The Morgan fingerprint density at radius 3 is 1.86 bits per heavy atom. The smallest absolute Gasteiger partial charge is 0.147 e. The van der Waals surface area contributed by atoms with Gasteiger partial charge in [-0.15, -0.1) is 11.3 Å². The molecule has 9 aromatic carbocycles. The van der Waals surface area contributed by atoms with Crippen LogP contribution in [0.15, 0.2) is 197 Å². The van der Waals surface area contributed by atoms with Crippen molar-refractivity contribution in [2.45, 2.75) is 0 Å². The van der Waals surface area contributed by atoms with Crippen LogP contribution >= 0.6 is 11.3 Å². The molecule has 0 amide bonds. The van der Waals surface area contributed by atoms with Gasteiger partial charge in [0.2, 0.25) is 0 Å². The van der Waals surface area contributed by atoms with Crippen molar-refractivity contribution in [3.8, 4) is 22.3 Å². The summed E-state index contributed by atoms with van der Waals surface area (Å²) in [5, 5.41) is 9.17. The Kier molecular flexibility index (Phi) is 6.80. The van der Waals surface area contributed by atoms with Crippen LogP contribution in [-0.4, -0.2) is 0 Å². The molecule has 3 nitrogen and oxygen atoms in total. The summed E-state index contributed by atoms with van der Waals surface area (Å²) < 4.78 is 15.8. The number of fused-ring (bicyclic) bond motifs is 11. The second-order valence-electron chi connectivity index (χ2n) is 14.4. The topological polar surface area (TPSA) is 29.5 Å². The highest BCUT2D eigenvalue weighted by atomic mass is 32.1. The minimum atomic E-state index is 0.807. The van der Waals surface area contributed by atoms with Crippen molar-refractivity contribution in [3.05, 3.63) is 188 Å². The second kappa shape index (κ2) is 12.2. The van der Waals surface area contributed by atoms with E-state index in [-0.39, 0.29) is 0 Å². The van der Waals surface area contributed by atoms with Crippen LogP contribution in [0.2, 0.25) is 0 Å². The predicted molar refractivity (Wildman–Crippen MR) is 237 cm³/mol. The van der Waals surface area contributed by atoms with Crippen molar-refractivity contribution >= 4 is 103 Å². The molecule has 3 aromatic heterocycles. The molecule has 0 aliphatic rings. The minimum absolute atomic E-state index is 0.807. The van der Waals surface area contributed by atoms with E-state index in [4.69, 9.17) is 8.83 Å². The lowest BCUT2D eigenvalue weighted by atomic mass is 9.97. The molecule has 0 fully saturated rings. The van der Waals surface area contributed by atoms with Crippen molar-refractivity contribution < 1.29 is 8.83 Å². The molecule has 12 rings (SSSR count). The number of benzene rings is 9. The van der Waals surface area contributed by atoms with Crippen LogP contribution < -0.4 is 4.90 Å².